The molecule has 1 aliphatic heterocycles. The van der Waals surface area contributed by atoms with Crippen LogP contribution in [0.2, 0.25) is 0 Å². The molecule has 1 unspecified atom stereocenters. The van der Waals surface area contributed by atoms with E-state index in [0.717, 1.165) is 19.5 Å². The first-order valence-electron chi connectivity index (χ1n) is 5.35. The smallest absolute Gasteiger partial charge is 0.222 e. The van der Waals surface area contributed by atoms with E-state index < -0.39 is 0 Å². The number of rotatable bonds is 3. The average molecular weight is 207 g/mol. The Bertz CT molecular complexity index is 321. The van der Waals surface area contributed by atoms with Gasteiger partial charge >= 0.3 is 0 Å². The predicted octanol–water partition coefficient (Wildman–Crippen LogP) is 0.725. The van der Waals surface area contributed by atoms with Gasteiger partial charge in [-0.25, -0.2) is 0 Å². The summed E-state index contributed by atoms with van der Waals surface area (Å²) in [6, 6.07) is 2.49. The van der Waals surface area contributed by atoms with Gasteiger partial charge in [-0.05, 0) is 18.1 Å². The summed E-state index contributed by atoms with van der Waals surface area (Å²) in [5.41, 5.74) is 1.26. The summed E-state index contributed by atoms with van der Waals surface area (Å²) in [4.78, 5) is 16.1. The van der Waals surface area contributed by atoms with Gasteiger partial charge in [0.25, 0.3) is 0 Å². The molecule has 0 radical (unpaired) electrons. The maximum Gasteiger partial charge on any atom is 0.222 e. The standard InChI is InChI=1S/C11H17N3O/c1-14-8-10(2-3-11(14)15)13-7-9-4-5-12-6-9/h4-6,10,12-13H,2-3,7-8H2,1H3. The largest absolute Gasteiger partial charge is 0.367 e. The topological polar surface area (TPSA) is 48.1 Å². The number of likely N-dealkylation sites (N-methyl/N-ethyl adjacent to an activating group) is 1. The second-order valence-electron chi connectivity index (χ2n) is 4.11. The maximum absolute atomic E-state index is 11.3. The molecule has 2 N–H and O–H groups in total. The normalized spacial score (nSPS) is 22.1. The van der Waals surface area contributed by atoms with E-state index in [9.17, 15) is 4.79 Å². The van der Waals surface area contributed by atoms with Crippen LogP contribution in [0.25, 0.3) is 0 Å². The van der Waals surface area contributed by atoms with Gasteiger partial charge < -0.3 is 15.2 Å². The number of aromatic nitrogens is 1. The lowest BCUT2D eigenvalue weighted by Gasteiger charge is -2.30. The highest BCUT2D eigenvalue weighted by Gasteiger charge is 2.21. The van der Waals surface area contributed by atoms with Crippen LogP contribution in [0.15, 0.2) is 18.5 Å². The minimum Gasteiger partial charge on any atom is -0.367 e. The summed E-state index contributed by atoms with van der Waals surface area (Å²) in [7, 11) is 1.87. The molecule has 82 valence electrons. The lowest BCUT2D eigenvalue weighted by Crippen LogP contribution is -2.46. The van der Waals surface area contributed by atoms with Crippen LogP contribution < -0.4 is 5.32 Å². The third kappa shape index (κ3) is 2.59. The van der Waals surface area contributed by atoms with E-state index in [0.29, 0.717) is 12.5 Å². The van der Waals surface area contributed by atoms with Crippen molar-refractivity contribution in [1.82, 2.24) is 15.2 Å². The highest BCUT2D eigenvalue weighted by Crippen LogP contribution is 2.10. The number of carbonyl (C=O) groups is 1. The predicted molar refractivity (Wildman–Crippen MR) is 58.3 cm³/mol. The van der Waals surface area contributed by atoms with E-state index in [1.165, 1.54) is 5.56 Å². The van der Waals surface area contributed by atoms with Crippen molar-refractivity contribution in [3.05, 3.63) is 24.0 Å². The van der Waals surface area contributed by atoms with E-state index in [2.05, 4.69) is 16.4 Å². The summed E-state index contributed by atoms with van der Waals surface area (Å²) >= 11 is 0. The van der Waals surface area contributed by atoms with E-state index in [1.54, 1.807) is 4.90 Å². The zero-order valence-corrected chi connectivity index (χ0v) is 8.99. The highest BCUT2D eigenvalue weighted by molar-refractivity contribution is 5.76. The van der Waals surface area contributed by atoms with E-state index in [1.807, 2.05) is 19.4 Å². The Morgan fingerprint density at radius 2 is 2.53 bits per heavy atom. The number of amides is 1. The van der Waals surface area contributed by atoms with Crippen molar-refractivity contribution >= 4 is 5.91 Å². The third-order valence-corrected chi connectivity index (χ3v) is 2.88. The average Bonchev–Trinajstić information content (AvgIpc) is 2.73. The van der Waals surface area contributed by atoms with Gasteiger partial charge in [0.15, 0.2) is 0 Å². The van der Waals surface area contributed by atoms with Crippen molar-refractivity contribution in [1.29, 1.82) is 0 Å². The lowest BCUT2D eigenvalue weighted by atomic mass is 10.1. The molecule has 0 aliphatic carbocycles. The fraction of sp³-hybridized carbons (Fsp3) is 0.545. The van der Waals surface area contributed by atoms with Crippen LogP contribution in [0.3, 0.4) is 0 Å². The fourth-order valence-electron chi connectivity index (χ4n) is 1.91. The molecule has 4 nitrogen and oxygen atoms in total. The van der Waals surface area contributed by atoms with Crippen LogP contribution >= 0.6 is 0 Å². The van der Waals surface area contributed by atoms with Crippen molar-refractivity contribution in [3.8, 4) is 0 Å². The molecule has 1 fully saturated rings. The summed E-state index contributed by atoms with van der Waals surface area (Å²) in [5.74, 6) is 0.259. The van der Waals surface area contributed by atoms with Crippen molar-refractivity contribution < 1.29 is 4.79 Å². The van der Waals surface area contributed by atoms with Crippen LogP contribution in [-0.2, 0) is 11.3 Å². The van der Waals surface area contributed by atoms with Crippen molar-refractivity contribution in [2.24, 2.45) is 0 Å². The van der Waals surface area contributed by atoms with Crippen molar-refractivity contribution in [2.45, 2.75) is 25.4 Å². The number of likely N-dealkylation sites (tertiary alicyclic amines) is 1. The van der Waals surface area contributed by atoms with Crippen LogP contribution in [0.4, 0.5) is 0 Å². The van der Waals surface area contributed by atoms with Gasteiger partial charge in [-0.3, -0.25) is 4.79 Å². The molecule has 1 amide bonds. The second kappa shape index (κ2) is 4.49. The van der Waals surface area contributed by atoms with Crippen LogP contribution in [-0.4, -0.2) is 35.4 Å². The zero-order valence-electron chi connectivity index (χ0n) is 8.99. The number of H-pyrrole nitrogens is 1. The molecule has 0 spiro atoms. The summed E-state index contributed by atoms with van der Waals surface area (Å²) < 4.78 is 0. The molecule has 1 atom stereocenters. The molecular weight excluding hydrogens is 190 g/mol. The first-order valence-corrected chi connectivity index (χ1v) is 5.35. The molecule has 15 heavy (non-hydrogen) atoms. The molecule has 0 bridgehead atoms. The first kappa shape index (κ1) is 10.2. The molecule has 1 aliphatic rings. The van der Waals surface area contributed by atoms with E-state index in [4.69, 9.17) is 0 Å². The maximum atomic E-state index is 11.3. The van der Waals surface area contributed by atoms with E-state index >= 15 is 0 Å². The molecule has 2 rings (SSSR count). The number of piperidine rings is 1. The van der Waals surface area contributed by atoms with Gasteiger partial charge in [0.2, 0.25) is 5.91 Å². The summed E-state index contributed by atoms with van der Waals surface area (Å²) in [6.45, 7) is 1.69. The summed E-state index contributed by atoms with van der Waals surface area (Å²) in [6.07, 6.45) is 5.53. The first-order chi connectivity index (χ1) is 7.25. The molecule has 1 saturated heterocycles. The Morgan fingerprint density at radius 3 is 3.20 bits per heavy atom. The summed E-state index contributed by atoms with van der Waals surface area (Å²) in [5, 5.41) is 3.46. The van der Waals surface area contributed by atoms with Gasteiger partial charge in [0, 0.05) is 45.0 Å². The number of nitrogens with zero attached hydrogens (tertiary/aromatic N) is 1. The fourth-order valence-corrected chi connectivity index (χ4v) is 1.91. The number of hydrogen-bond acceptors (Lipinski definition) is 2. The molecule has 1 aromatic heterocycles. The lowest BCUT2D eigenvalue weighted by molar-refractivity contribution is -0.132. The minimum absolute atomic E-state index is 0.259. The Labute approximate surface area is 89.7 Å². The molecule has 2 heterocycles. The second-order valence-corrected chi connectivity index (χ2v) is 4.11. The molecule has 0 saturated carbocycles. The number of aromatic amines is 1. The van der Waals surface area contributed by atoms with Gasteiger partial charge in [0.05, 0.1) is 0 Å². The highest BCUT2D eigenvalue weighted by atomic mass is 16.2. The molecule has 0 aromatic carbocycles. The van der Waals surface area contributed by atoms with Gasteiger partial charge in [-0.1, -0.05) is 0 Å². The van der Waals surface area contributed by atoms with Crippen LogP contribution in [0.1, 0.15) is 18.4 Å². The third-order valence-electron chi connectivity index (χ3n) is 2.88. The molecule has 1 aromatic rings. The number of nitrogens with one attached hydrogen (secondary N) is 2. The zero-order chi connectivity index (χ0) is 10.7. The van der Waals surface area contributed by atoms with Gasteiger partial charge in [-0.2, -0.15) is 0 Å². The Hall–Kier alpha value is -1.29. The van der Waals surface area contributed by atoms with Crippen LogP contribution in [0.5, 0.6) is 0 Å². The van der Waals surface area contributed by atoms with Gasteiger partial charge in [-0.15, -0.1) is 0 Å². The number of carbonyl (C=O) groups excluding carboxylic acids is 1. The molecular formula is C11H17N3O. The SMILES string of the molecule is CN1CC(NCc2cc[nH]c2)CCC1=O. The van der Waals surface area contributed by atoms with Crippen molar-refractivity contribution in [2.75, 3.05) is 13.6 Å². The Kier molecular flexibility index (Phi) is 3.06. The Morgan fingerprint density at radius 1 is 1.67 bits per heavy atom. The quantitative estimate of drug-likeness (QED) is 0.767. The van der Waals surface area contributed by atoms with E-state index in [-0.39, 0.29) is 5.91 Å². The monoisotopic (exact) mass is 207 g/mol. The molecule has 4 heteroatoms. The van der Waals surface area contributed by atoms with Crippen molar-refractivity contribution in [3.63, 3.8) is 0 Å². The minimum atomic E-state index is 0.259. The Balaban J connectivity index is 1.78. The van der Waals surface area contributed by atoms with Crippen LogP contribution in [0, 0.1) is 0 Å². The number of hydrogen-bond donors (Lipinski definition) is 2. The van der Waals surface area contributed by atoms with Gasteiger partial charge in [0.1, 0.15) is 0 Å².